The first-order chi connectivity index (χ1) is 17.2. The van der Waals surface area contributed by atoms with E-state index in [1.807, 2.05) is 13.0 Å². The number of carbonyl (C=O) groups excluding carboxylic acids is 1. The van der Waals surface area contributed by atoms with Crippen LogP contribution in [0.15, 0.2) is 43.1 Å². The maximum Gasteiger partial charge on any atom is 0.238 e. The number of carbonyl (C=O) groups is 1. The first-order valence-electron chi connectivity index (χ1n) is 11.7. The lowest BCUT2D eigenvalue weighted by atomic mass is 9.76. The Bertz CT molecular complexity index is 1170. The molecule has 0 bridgehead atoms. The molecule has 1 aliphatic carbocycles. The summed E-state index contributed by atoms with van der Waals surface area (Å²) in [5, 5.41) is 3.61. The molecule has 2 aliphatic rings. The third-order valence-corrected chi connectivity index (χ3v) is 7.10. The van der Waals surface area contributed by atoms with Gasteiger partial charge < -0.3 is 19.5 Å². The van der Waals surface area contributed by atoms with E-state index in [0.717, 1.165) is 5.56 Å². The fourth-order valence-corrected chi connectivity index (χ4v) is 4.61. The fourth-order valence-electron chi connectivity index (χ4n) is 3.85. The monoisotopic (exact) mass is 493 g/mol. The lowest BCUT2D eigenvalue weighted by Crippen LogP contribution is -2.45. The molecule has 0 radical (unpaired) electrons. The van der Waals surface area contributed by atoms with E-state index in [1.54, 1.807) is 49.0 Å². The highest BCUT2D eigenvalue weighted by Gasteiger charge is 2.43. The van der Waals surface area contributed by atoms with E-state index in [-0.39, 0.29) is 5.91 Å². The molecule has 5 rings (SSSR count). The SMILES string of the molecule is CCOc1cncc(-c2ccc(NC(=O)C3(c4cncc(NSC5CC5)n4)CCOCC3)nc2)n1. The van der Waals surface area contributed by atoms with Gasteiger partial charge in [-0.3, -0.25) is 14.8 Å². The van der Waals surface area contributed by atoms with Crippen LogP contribution in [0.2, 0.25) is 0 Å². The molecule has 11 heteroatoms. The summed E-state index contributed by atoms with van der Waals surface area (Å²) >= 11 is 1.66. The van der Waals surface area contributed by atoms with Gasteiger partial charge in [0.2, 0.25) is 11.8 Å². The largest absolute Gasteiger partial charge is 0.477 e. The molecule has 2 N–H and O–H groups in total. The summed E-state index contributed by atoms with van der Waals surface area (Å²) in [5.41, 5.74) is 1.21. The van der Waals surface area contributed by atoms with E-state index in [9.17, 15) is 4.79 Å². The number of nitrogens with zero attached hydrogens (tertiary/aromatic N) is 5. The van der Waals surface area contributed by atoms with Crippen LogP contribution in [0.1, 0.15) is 38.3 Å². The lowest BCUT2D eigenvalue weighted by molar-refractivity contribution is -0.125. The highest BCUT2D eigenvalue weighted by atomic mass is 32.2. The van der Waals surface area contributed by atoms with Gasteiger partial charge in [-0.25, -0.2) is 15.0 Å². The Morgan fingerprint density at radius 3 is 2.66 bits per heavy atom. The molecular formula is C24H27N7O3S. The van der Waals surface area contributed by atoms with Crippen molar-refractivity contribution in [2.45, 2.75) is 43.3 Å². The molecule has 35 heavy (non-hydrogen) atoms. The highest BCUT2D eigenvalue weighted by Crippen LogP contribution is 2.37. The number of anilines is 2. The molecule has 10 nitrogen and oxygen atoms in total. The van der Waals surface area contributed by atoms with Crippen molar-refractivity contribution in [1.82, 2.24) is 24.9 Å². The Labute approximate surface area is 207 Å². The van der Waals surface area contributed by atoms with E-state index < -0.39 is 5.41 Å². The molecule has 182 valence electrons. The van der Waals surface area contributed by atoms with Gasteiger partial charge >= 0.3 is 0 Å². The topological polar surface area (TPSA) is 124 Å². The van der Waals surface area contributed by atoms with Gasteiger partial charge in [0.05, 0.1) is 42.0 Å². The molecule has 1 amide bonds. The van der Waals surface area contributed by atoms with Gasteiger partial charge in [-0.05, 0) is 56.7 Å². The third kappa shape index (κ3) is 5.51. The van der Waals surface area contributed by atoms with Gasteiger partial charge in [0.25, 0.3) is 0 Å². The molecule has 1 saturated heterocycles. The van der Waals surface area contributed by atoms with Crippen LogP contribution in [0.3, 0.4) is 0 Å². The number of amides is 1. The van der Waals surface area contributed by atoms with Gasteiger partial charge in [-0.1, -0.05) is 0 Å². The van der Waals surface area contributed by atoms with E-state index in [1.165, 1.54) is 12.8 Å². The Hall–Kier alpha value is -3.31. The molecule has 3 aromatic rings. The number of nitrogens with one attached hydrogen (secondary N) is 2. The molecule has 0 aromatic carbocycles. The van der Waals surface area contributed by atoms with Crippen LogP contribution < -0.4 is 14.8 Å². The van der Waals surface area contributed by atoms with Crippen molar-refractivity contribution in [3.05, 3.63) is 48.8 Å². The number of aromatic nitrogens is 5. The Balaban J connectivity index is 1.33. The summed E-state index contributed by atoms with van der Waals surface area (Å²) in [5.74, 6) is 1.40. The van der Waals surface area contributed by atoms with Crippen molar-refractivity contribution in [1.29, 1.82) is 0 Å². The molecular weight excluding hydrogens is 466 g/mol. The zero-order valence-corrected chi connectivity index (χ0v) is 20.3. The van der Waals surface area contributed by atoms with Crippen LogP contribution in [0.4, 0.5) is 11.6 Å². The highest BCUT2D eigenvalue weighted by molar-refractivity contribution is 8.01. The van der Waals surface area contributed by atoms with Crippen molar-refractivity contribution in [3.63, 3.8) is 0 Å². The van der Waals surface area contributed by atoms with Crippen molar-refractivity contribution in [2.75, 3.05) is 29.9 Å². The fraction of sp³-hybridized carbons (Fsp3) is 0.417. The third-order valence-electron chi connectivity index (χ3n) is 5.97. The molecule has 0 unspecified atom stereocenters. The van der Waals surface area contributed by atoms with Gasteiger partial charge in [0.1, 0.15) is 5.82 Å². The predicted molar refractivity (Wildman–Crippen MR) is 133 cm³/mol. The van der Waals surface area contributed by atoms with Gasteiger partial charge in [0.15, 0.2) is 5.82 Å². The number of pyridine rings is 1. The van der Waals surface area contributed by atoms with Crippen molar-refractivity contribution in [2.24, 2.45) is 0 Å². The Morgan fingerprint density at radius 2 is 1.91 bits per heavy atom. The minimum Gasteiger partial charge on any atom is -0.477 e. The first-order valence-corrected chi connectivity index (χ1v) is 12.6. The second-order valence-electron chi connectivity index (χ2n) is 8.47. The van der Waals surface area contributed by atoms with Crippen LogP contribution in [-0.2, 0) is 14.9 Å². The predicted octanol–water partition coefficient (Wildman–Crippen LogP) is 3.64. The maximum atomic E-state index is 13.6. The smallest absolute Gasteiger partial charge is 0.238 e. The second-order valence-corrected chi connectivity index (χ2v) is 9.57. The second kappa shape index (κ2) is 10.5. The van der Waals surface area contributed by atoms with E-state index in [4.69, 9.17) is 14.5 Å². The van der Waals surface area contributed by atoms with Crippen LogP contribution in [0, 0.1) is 0 Å². The normalized spacial score (nSPS) is 16.9. The Kier molecular flexibility index (Phi) is 7.05. The Morgan fingerprint density at radius 1 is 1.09 bits per heavy atom. The molecule has 0 atom stereocenters. The van der Waals surface area contributed by atoms with Gasteiger partial charge in [-0.2, -0.15) is 0 Å². The number of rotatable bonds is 9. The van der Waals surface area contributed by atoms with E-state index in [2.05, 4.69) is 30.0 Å². The molecule has 0 spiro atoms. The quantitative estimate of drug-likeness (QED) is 0.427. The maximum absolute atomic E-state index is 13.6. The molecule has 4 heterocycles. The number of ether oxygens (including phenoxy) is 2. The summed E-state index contributed by atoms with van der Waals surface area (Å²) in [6.07, 6.45) is 11.7. The van der Waals surface area contributed by atoms with Crippen molar-refractivity contribution < 1.29 is 14.3 Å². The molecule has 1 saturated carbocycles. The number of hydrogen-bond acceptors (Lipinski definition) is 10. The minimum absolute atomic E-state index is 0.166. The zero-order chi connectivity index (χ0) is 24.1. The zero-order valence-electron chi connectivity index (χ0n) is 19.4. The van der Waals surface area contributed by atoms with E-state index in [0.29, 0.717) is 66.8 Å². The average Bonchev–Trinajstić information content (AvgIpc) is 3.74. The lowest BCUT2D eigenvalue weighted by Gasteiger charge is -2.35. The van der Waals surface area contributed by atoms with Crippen LogP contribution >= 0.6 is 11.9 Å². The summed E-state index contributed by atoms with van der Waals surface area (Å²) in [4.78, 5) is 35.8. The molecule has 2 fully saturated rings. The van der Waals surface area contributed by atoms with E-state index >= 15 is 0 Å². The molecule has 3 aromatic heterocycles. The average molecular weight is 494 g/mol. The van der Waals surface area contributed by atoms with Crippen LogP contribution in [-0.4, -0.2) is 55.9 Å². The molecule has 1 aliphatic heterocycles. The minimum atomic E-state index is -0.842. The van der Waals surface area contributed by atoms with Crippen LogP contribution in [0.5, 0.6) is 5.88 Å². The summed E-state index contributed by atoms with van der Waals surface area (Å²) in [7, 11) is 0. The summed E-state index contributed by atoms with van der Waals surface area (Å²) < 4.78 is 14.3. The van der Waals surface area contributed by atoms with Gasteiger partial charge in [-0.15, -0.1) is 0 Å². The summed E-state index contributed by atoms with van der Waals surface area (Å²) in [6, 6.07) is 3.60. The number of hydrogen-bond donors (Lipinski definition) is 2. The van der Waals surface area contributed by atoms with Crippen LogP contribution in [0.25, 0.3) is 11.3 Å². The first kappa shape index (κ1) is 23.4. The standard InChI is InChI=1S/C24H27N7O3S/c1-2-34-22-15-25-12-18(28-22)16-3-6-20(27-11-16)30-23(32)24(7-9-33-10-8-24)19-13-26-14-21(29-19)31-35-17-4-5-17/h3,6,11-15,17H,2,4-5,7-10H2,1H3,(H,29,31)(H,27,30,32). The summed E-state index contributed by atoms with van der Waals surface area (Å²) in [6.45, 7) is 3.36. The van der Waals surface area contributed by atoms with Crippen molar-refractivity contribution in [3.8, 4) is 17.1 Å². The van der Waals surface area contributed by atoms with Gasteiger partial charge in [0, 0.05) is 36.4 Å². The van der Waals surface area contributed by atoms with Crippen molar-refractivity contribution >= 4 is 29.5 Å².